The first kappa shape index (κ1) is 23.8. The molecule has 0 heterocycles. The Labute approximate surface area is 205 Å². The number of hydrogen-bond acceptors (Lipinski definition) is 7. The van der Waals surface area contributed by atoms with Crippen LogP contribution in [0.1, 0.15) is 0 Å². The maximum absolute atomic E-state index is 11.5. The van der Waals surface area contributed by atoms with Gasteiger partial charge in [0.25, 0.3) is 11.4 Å². The fraction of sp³-hybridized carbons (Fsp3) is 0.0769. The minimum Gasteiger partial charge on any atom is -0.497 e. The van der Waals surface area contributed by atoms with Crippen LogP contribution in [0, 0.1) is 20.2 Å². The van der Waals surface area contributed by atoms with Crippen LogP contribution in [0.25, 0.3) is 22.3 Å². The fourth-order valence-corrected chi connectivity index (χ4v) is 4.63. The molecule has 0 atom stereocenters. The summed E-state index contributed by atoms with van der Waals surface area (Å²) in [6, 6.07) is 23.9. The minimum atomic E-state index is -0.434. The minimum absolute atomic E-state index is 0.0285. The standard InChI is InChI=1S/C26H20N2O6S/c1-33-21-9-3-17(4-10-21)23-15-19(27(29)30)7-13-25(23)35-26-14-8-20(28(31)32)16-24(26)18-5-11-22(34-2)12-6-18/h3-16H,1-2H3. The number of methoxy groups -OCH3 is 2. The van der Waals surface area contributed by atoms with E-state index in [9.17, 15) is 20.2 Å². The molecule has 0 radical (unpaired) electrons. The highest BCUT2D eigenvalue weighted by Gasteiger charge is 2.18. The zero-order valence-corrected chi connectivity index (χ0v) is 19.7. The topological polar surface area (TPSA) is 105 Å². The van der Waals surface area contributed by atoms with Gasteiger partial charge in [0.2, 0.25) is 0 Å². The van der Waals surface area contributed by atoms with Gasteiger partial charge in [0.05, 0.1) is 24.1 Å². The van der Waals surface area contributed by atoms with Crippen molar-refractivity contribution in [1.29, 1.82) is 0 Å². The Morgan fingerprint density at radius 1 is 0.600 bits per heavy atom. The number of non-ortho nitro benzene ring substituents is 2. The normalized spacial score (nSPS) is 10.6. The van der Waals surface area contributed by atoms with E-state index in [1.165, 1.54) is 36.0 Å². The van der Waals surface area contributed by atoms with E-state index in [1.807, 2.05) is 24.3 Å². The van der Waals surface area contributed by atoms with Gasteiger partial charge in [0.1, 0.15) is 11.5 Å². The van der Waals surface area contributed by atoms with Crippen LogP contribution in [0.4, 0.5) is 11.4 Å². The quantitative estimate of drug-likeness (QED) is 0.194. The largest absolute Gasteiger partial charge is 0.497 e. The maximum atomic E-state index is 11.5. The first-order chi connectivity index (χ1) is 16.9. The molecule has 0 N–H and O–H groups in total. The van der Waals surface area contributed by atoms with Gasteiger partial charge < -0.3 is 9.47 Å². The summed E-state index contributed by atoms with van der Waals surface area (Å²) in [6.07, 6.45) is 0. The Morgan fingerprint density at radius 3 is 1.29 bits per heavy atom. The summed E-state index contributed by atoms with van der Waals surface area (Å²) in [7, 11) is 3.14. The molecule has 0 aromatic heterocycles. The van der Waals surface area contributed by atoms with E-state index in [2.05, 4.69) is 0 Å². The van der Waals surface area contributed by atoms with Crippen LogP contribution in [0.5, 0.6) is 11.5 Å². The molecule has 4 aromatic carbocycles. The number of nitro groups is 2. The summed E-state index contributed by atoms with van der Waals surface area (Å²) < 4.78 is 10.5. The second-order valence-corrected chi connectivity index (χ2v) is 8.52. The van der Waals surface area contributed by atoms with Crippen molar-refractivity contribution < 1.29 is 19.3 Å². The Bertz CT molecular complexity index is 1280. The lowest BCUT2D eigenvalue weighted by molar-refractivity contribution is -0.385. The first-order valence-corrected chi connectivity index (χ1v) is 11.2. The van der Waals surface area contributed by atoms with Crippen LogP contribution in [-0.2, 0) is 0 Å². The van der Waals surface area contributed by atoms with Gasteiger partial charge in [-0.1, -0.05) is 36.0 Å². The molecule has 8 nitrogen and oxygen atoms in total. The molecule has 0 unspecified atom stereocenters. The zero-order valence-electron chi connectivity index (χ0n) is 18.8. The molecule has 0 aliphatic rings. The molecule has 0 saturated carbocycles. The molecule has 4 rings (SSSR count). The van der Waals surface area contributed by atoms with Gasteiger partial charge in [0.15, 0.2) is 0 Å². The molecule has 0 fully saturated rings. The number of benzene rings is 4. The van der Waals surface area contributed by atoms with Crippen LogP contribution in [0.15, 0.2) is 94.7 Å². The van der Waals surface area contributed by atoms with E-state index in [1.54, 1.807) is 50.6 Å². The summed E-state index contributed by atoms with van der Waals surface area (Å²) in [5, 5.41) is 22.9. The van der Waals surface area contributed by atoms with E-state index < -0.39 is 9.85 Å². The second-order valence-electron chi connectivity index (χ2n) is 7.43. The average molecular weight is 489 g/mol. The van der Waals surface area contributed by atoms with Gasteiger partial charge in [0, 0.05) is 45.2 Å². The molecule has 0 saturated heterocycles. The van der Waals surface area contributed by atoms with Gasteiger partial charge in [-0.15, -0.1) is 0 Å². The van der Waals surface area contributed by atoms with Crippen molar-refractivity contribution >= 4 is 23.1 Å². The summed E-state index contributed by atoms with van der Waals surface area (Å²) in [4.78, 5) is 23.6. The van der Waals surface area contributed by atoms with Crippen LogP contribution < -0.4 is 9.47 Å². The van der Waals surface area contributed by atoms with Crippen molar-refractivity contribution in [1.82, 2.24) is 0 Å². The van der Waals surface area contributed by atoms with Gasteiger partial charge in [-0.05, 0) is 47.5 Å². The first-order valence-electron chi connectivity index (χ1n) is 10.4. The number of rotatable bonds is 8. The van der Waals surface area contributed by atoms with E-state index in [0.29, 0.717) is 22.6 Å². The molecule has 0 spiro atoms. The monoisotopic (exact) mass is 488 g/mol. The third-order valence-corrected chi connectivity index (χ3v) is 6.52. The van der Waals surface area contributed by atoms with Crippen LogP contribution in [-0.4, -0.2) is 24.1 Å². The maximum Gasteiger partial charge on any atom is 0.270 e. The van der Waals surface area contributed by atoms with Crippen molar-refractivity contribution in [2.75, 3.05) is 14.2 Å². The Hall–Kier alpha value is -4.37. The Balaban J connectivity index is 1.83. The van der Waals surface area contributed by atoms with Crippen molar-refractivity contribution in [2.45, 2.75) is 9.79 Å². The van der Waals surface area contributed by atoms with Gasteiger partial charge >= 0.3 is 0 Å². The van der Waals surface area contributed by atoms with E-state index in [-0.39, 0.29) is 11.4 Å². The van der Waals surface area contributed by atoms with Gasteiger partial charge in [-0.3, -0.25) is 20.2 Å². The Morgan fingerprint density at radius 2 is 0.971 bits per heavy atom. The molecule has 0 amide bonds. The van der Waals surface area contributed by atoms with Crippen LogP contribution in [0.2, 0.25) is 0 Å². The molecule has 0 aliphatic heterocycles. The predicted molar refractivity (Wildman–Crippen MR) is 134 cm³/mol. The number of ether oxygens (including phenoxy) is 2. The molecule has 4 aromatic rings. The van der Waals surface area contributed by atoms with E-state index in [0.717, 1.165) is 20.9 Å². The predicted octanol–water partition coefficient (Wildman–Crippen LogP) is 7.01. The van der Waals surface area contributed by atoms with Crippen molar-refractivity contribution in [3.8, 4) is 33.8 Å². The van der Waals surface area contributed by atoms with Crippen molar-refractivity contribution in [2.24, 2.45) is 0 Å². The molecule has 35 heavy (non-hydrogen) atoms. The highest BCUT2D eigenvalue weighted by atomic mass is 32.2. The smallest absolute Gasteiger partial charge is 0.270 e. The van der Waals surface area contributed by atoms with Crippen molar-refractivity contribution in [3.63, 3.8) is 0 Å². The van der Waals surface area contributed by atoms with Crippen LogP contribution >= 0.6 is 11.8 Å². The summed E-state index contributed by atoms with van der Waals surface area (Å²) in [5.74, 6) is 1.34. The molecular formula is C26H20N2O6S. The molecule has 0 aliphatic carbocycles. The molecule has 0 bridgehead atoms. The summed E-state index contributed by atoms with van der Waals surface area (Å²) >= 11 is 1.38. The van der Waals surface area contributed by atoms with Crippen LogP contribution in [0.3, 0.4) is 0 Å². The highest BCUT2D eigenvalue weighted by Crippen LogP contribution is 2.43. The SMILES string of the molecule is COc1ccc(-c2cc([N+](=O)[O-])ccc2Sc2ccc([N+](=O)[O-])cc2-c2ccc(OC)cc2)cc1. The lowest BCUT2D eigenvalue weighted by Crippen LogP contribution is -1.93. The third kappa shape index (κ3) is 5.25. The summed E-state index contributed by atoms with van der Waals surface area (Å²) in [6.45, 7) is 0. The van der Waals surface area contributed by atoms with Gasteiger partial charge in [-0.25, -0.2) is 0 Å². The van der Waals surface area contributed by atoms with E-state index in [4.69, 9.17) is 9.47 Å². The summed E-state index contributed by atoms with van der Waals surface area (Å²) in [5.41, 5.74) is 2.85. The Kier molecular flexibility index (Phi) is 6.98. The lowest BCUT2D eigenvalue weighted by Gasteiger charge is -2.14. The van der Waals surface area contributed by atoms with Crippen molar-refractivity contribution in [3.05, 3.63) is 105 Å². The average Bonchev–Trinajstić information content (AvgIpc) is 2.89. The lowest BCUT2D eigenvalue weighted by atomic mass is 10.0. The molecule has 9 heteroatoms. The number of nitro benzene ring substituents is 2. The zero-order chi connectivity index (χ0) is 24.9. The third-order valence-electron chi connectivity index (χ3n) is 5.37. The molecule has 176 valence electrons. The van der Waals surface area contributed by atoms with E-state index >= 15 is 0 Å². The van der Waals surface area contributed by atoms with Gasteiger partial charge in [-0.2, -0.15) is 0 Å². The number of hydrogen-bond donors (Lipinski definition) is 0. The fourth-order valence-electron chi connectivity index (χ4n) is 3.55. The second kappa shape index (κ2) is 10.3. The number of nitrogens with zero attached hydrogens (tertiary/aromatic N) is 2. The highest BCUT2D eigenvalue weighted by molar-refractivity contribution is 7.99. The molecular weight excluding hydrogens is 468 g/mol.